The van der Waals surface area contributed by atoms with Gasteiger partial charge in [0.05, 0.1) is 12.4 Å². The number of hydrogen-bond acceptors (Lipinski definition) is 6. The predicted octanol–water partition coefficient (Wildman–Crippen LogP) is 1.96. The number of amides is 1. The third kappa shape index (κ3) is 4.70. The lowest BCUT2D eigenvalue weighted by atomic mass is 10.0. The van der Waals surface area contributed by atoms with Gasteiger partial charge in [0.15, 0.2) is 0 Å². The molecule has 0 saturated carbocycles. The minimum Gasteiger partial charge on any atom is -0.464 e. The number of esters is 1. The molecule has 1 aromatic heterocycles. The molecular formula is C15H24N4O3S. The van der Waals surface area contributed by atoms with Gasteiger partial charge in [-0.3, -0.25) is 9.89 Å². The minimum absolute atomic E-state index is 0.0661. The normalized spacial score (nSPS) is 18.3. The molecule has 1 saturated heterocycles. The van der Waals surface area contributed by atoms with E-state index in [1.54, 1.807) is 11.8 Å². The maximum absolute atomic E-state index is 12.5. The number of hydrogen-bond donors (Lipinski definition) is 1. The number of aromatic amines is 1. The third-order valence-electron chi connectivity index (χ3n) is 3.74. The molecule has 0 spiro atoms. The highest BCUT2D eigenvalue weighted by atomic mass is 32.2. The fraction of sp³-hybridized carbons (Fsp3) is 0.733. The monoisotopic (exact) mass is 340 g/mol. The van der Waals surface area contributed by atoms with E-state index in [2.05, 4.69) is 15.2 Å². The van der Waals surface area contributed by atoms with Crippen LogP contribution in [0.15, 0.2) is 5.16 Å². The van der Waals surface area contributed by atoms with Crippen molar-refractivity contribution in [1.29, 1.82) is 0 Å². The topological polar surface area (TPSA) is 88.2 Å². The number of carbonyl (C=O) groups is 2. The Labute approximate surface area is 140 Å². The zero-order valence-electron chi connectivity index (χ0n) is 13.9. The summed E-state index contributed by atoms with van der Waals surface area (Å²) in [5.41, 5.74) is 0. The number of nitrogens with one attached hydrogen (secondary N) is 1. The average Bonchev–Trinajstić information content (AvgIpc) is 3.02. The van der Waals surface area contributed by atoms with E-state index in [0.717, 1.165) is 18.7 Å². The summed E-state index contributed by atoms with van der Waals surface area (Å²) < 4.78 is 5.08. The Morgan fingerprint density at radius 3 is 2.87 bits per heavy atom. The Kier molecular flexibility index (Phi) is 6.44. The highest BCUT2D eigenvalue weighted by molar-refractivity contribution is 7.99. The van der Waals surface area contributed by atoms with Crippen LogP contribution in [0.25, 0.3) is 0 Å². The summed E-state index contributed by atoms with van der Waals surface area (Å²) in [5, 5.41) is 7.54. The molecule has 128 valence electrons. The molecule has 1 aliphatic rings. The Morgan fingerprint density at radius 2 is 2.22 bits per heavy atom. The second-order valence-corrected chi connectivity index (χ2v) is 6.74. The number of likely N-dealkylation sites (tertiary alicyclic amines) is 1. The molecule has 1 aliphatic heterocycles. The fourth-order valence-corrected chi connectivity index (χ4v) is 3.20. The fourth-order valence-electron chi connectivity index (χ4n) is 2.50. The number of H-pyrrole nitrogens is 1. The first-order chi connectivity index (χ1) is 11.0. The summed E-state index contributed by atoms with van der Waals surface area (Å²) in [4.78, 5) is 30.5. The SMILES string of the molecule is CCOC(=O)C1CCCCN1C(=O)CSc1n[nH]c(C(C)C)n1. The van der Waals surface area contributed by atoms with Crippen LogP contribution in [-0.4, -0.2) is 56.9 Å². The first kappa shape index (κ1) is 17.8. The maximum atomic E-state index is 12.5. The first-order valence-corrected chi connectivity index (χ1v) is 9.02. The van der Waals surface area contributed by atoms with Crippen molar-refractivity contribution in [3.8, 4) is 0 Å². The van der Waals surface area contributed by atoms with Crippen molar-refractivity contribution < 1.29 is 14.3 Å². The summed E-state index contributed by atoms with van der Waals surface area (Å²) in [7, 11) is 0. The van der Waals surface area contributed by atoms with Gasteiger partial charge < -0.3 is 9.64 Å². The smallest absolute Gasteiger partial charge is 0.328 e. The van der Waals surface area contributed by atoms with Crippen molar-refractivity contribution in [3.05, 3.63) is 5.82 Å². The Balaban J connectivity index is 1.93. The van der Waals surface area contributed by atoms with Gasteiger partial charge in [-0.25, -0.2) is 9.78 Å². The zero-order chi connectivity index (χ0) is 16.8. The van der Waals surface area contributed by atoms with Crippen LogP contribution in [0.2, 0.25) is 0 Å². The molecule has 0 bridgehead atoms. The number of nitrogens with zero attached hydrogens (tertiary/aromatic N) is 3. The summed E-state index contributed by atoms with van der Waals surface area (Å²) in [5.74, 6) is 0.935. The Hall–Kier alpha value is -1.57. The van der Waals surface area contributed by atoms with Gasteiger partial charge >= 0.3 is 5.97 Å². The summed E-state index contributed by atoms with van der Waals surface area (Å²) >= 11 is 1.29. The summed E-state index contributed by atoms with van der Waals surface area (Å²) in [6, 6.07) is -0.449. The third-order valence-corrected chi connectivity index (χ3v) is 4.57. The number of rotatable bonds is 6. The highest BCUT2D eigenvalue weighted by Gasteiger charge is 2.33. The van der Waals surface area contributed by atoms with Crippen LogP contribution >= 0.6 is 11.8 Å². The standard InChI is InChI=1S/C15H24N4O3S/c1-4-22-14(21)11-7-5-6-8-19(11)12(20)9-23-15-16-13(10(2)3)17-18-15/h10-11H,4-9H2,1-3H3,(H,16,17,18). The molecule has 1 atom stereocenters. The van der Waals surface area contributed by atoms with Crippen LogP contribution in [-0.2, 0) is 14.3 Å². The lowest BCUT2D eigenvalue weighted by molar-refractivity contribution is -0.155. The van der Waals surface area contributed by atoms with Crippen LogP contribution in [0.1, 0.15) is 51.8 Å². The molecule has 2 rings (SSSR count). The Bertz CT molecular complexity index is 547. The van der Waals surface area contributed by atoms with Crippen LogP contribution in [0.3, 0.4) is 0 Å². The van der Waals surface area contributed by atoms with Crippen molar-refractivity contribution in [2.24, 2.45) is 0 Å². The number of piperidine rings is 1. The van der Waals surface area contributed by atoms with Crippen LogP contribution in [0.4, 0.5) is 0 Å². The van der Waals surface area contributed by atoms with E-state index in [-0.39, 0.29) is 23.5 Å². The van der Waals surface area contributed by atoms with E-state index in [1.165, 1.54) is 11.8 Å². The quantitative estimate of drug-likeness (QED) is 0.629. The number of ether oxygens (including phenoxy) is 1. The van der Waals surface area contributed by atoms with Crippen LogP contribution < -0.4 is 0 Å². The Morgan fingerprint density at radius 1 is 1.43 bits per heavy atom. The van der Waals surface area contributed by atoms with Crippen molar-refractivity contribution in [3.63, 3.8) is 0 Å². The molecule has 8 heteroatoms. The molecule has 1 fully saturated rings. The largest absolute Gasteiger partial charge is 0.464 e. The van der Waals surface area contributed by atoms with E-state index in [1.807, 2.05) is 13.8 Å². The number of thioether (sulfide) groups is 1. The molecule has 2 heterocycles. The van der Waals surface area contributed by atoms with Gasteiger partial charge in [0.1, 0.15) is 11.9 Å². The van der Waals surface area contributed by atoms with Gasteiger partial charge in [-0.1, -0.05) is 25.6 Å². The van der Waals surface area contributed by atoms with Crippen molar-refractivity contribution >= 4 is 23.6 Å². The van der Waals surface area contributed by atoms with E-state index >= 15 is 0 Å². The molecule has 1 unspecified atom stereocenters. The van der Waals surface area contributed by atoms with E-state index < -0.39 is 6.04 Å². The second kappa shape index (κ2) is 8.33. The summed E-state index contributed by atoms with van der Waals surface area (Å²) in [6.07, 6.45) is 2.54. The molecular weight excluding hydrogens is 316 g/mol. The predicted molar refractivity (Wildman–Crippen MR) is 87.2 cm³/mol. The van der Waals surface area contributed by atoms with Crippen LogP contribution in [0, 0.1) is 0 Å². The number of aromatic nitrogens is 3. The van der Waals surface area contributed by atoms with E-state index in [4.69, 9.17) is 4.74 Å². The highest BCUT2D eigenvalue weighted by Crippen LogP contribution is 2.22. The van der Waals surface area contributed by atoms with Gasteiger partial charge in [-0.05, 0) is 26.2 Å². The minimum atomic E-state index is -0.449. The van der Waals surface area contributed by atoms with Gasteiger partial charge in [0.2, 0.25) is 11.1 Å². The van der Waals surface area contributed by atoms with Gasteiger partial charge in [0, 0.05) is 12.5 Å². The second-order valence-electron chi connectivity index (χ2n) is 5.80. The van der Waals surface area contributed by atoms with Crippen molar-refractivity contribution in [2.45, 2.75) is 57.1 Å². The average molecular weight is 340 g/mol. The molecule has 0 radical (unpaired) electrons. The zero-order valence-corrected chi connectivity index (χ0v) is 14.7. The molecule has 1 N–H and O–H groups in total. The molecule has 23 heavy (non-hydrogen) atoms. The molecule has 1 aromatic rings. The van der Waals surface area contributed by atoms with E-state index in [9.17, 15) is 9.59 Å². The van der Waals surface area contributed by atoms with Gasteiger partial charge in [-0.2, -0.15) is 0 Å². The molecule has 7 nitrogen and oxygen atoms in total. The van der Waals surface area contributed by atoms with Gasteiger partial charge in [-0.15, -0.1) is 5.10 Å². The molecule has 0 aromatic carbocycles. The number of carbonyl (C=O) groups excluding carboxylic acids is 2. The first-order valence-electron chi connectivity index (χ1n) is 8.04. The summed E-state index contributed by atoms with van der Waals surface area (Å²) in [6.45, 7) is 6.77. The lowest BCUT2D eigenvalue weighted by Gasteiger charge is -2.33. The van der Waals surface area contributed by atoms with Crippen LogP contribution in [0.5, 0.6) is 0 Å². The van der Waals surface area contributed by atoms with Crippen molar-refractivity contribution in [1.82, 2.24) is 20.1 Å². The molecule has 0 aliphatic carbocycles. The molecule has 1 amide bonds. The van der Waals surface area contributed by atoms with E-state index in [0.29, 0.717) is 24.7 Å². The maximum Gasteiger partial charge on any atom is 0.328 e. The lowest BCUT2D eigenvalue weighted by Crippen LogP contribution is -2.49. The van der Waals surface area contributed by atoms with Crippen molar-refractivity contribution in [2.75, 3.05) is 18.9 Å². The van der Waals surface area contributed by atoms with Gasteiger partial charge in [0.25, 0.3) is 0 Å².